The minimum absolute atomic E-state index is 0.116. The van der Waals surface area contributed by atoms with Crippen molar-refractivity contribution in [1.82, 2.24) is 0 Å². The van der Waals surface area contributed by atoms with E-state index in [0.29, 0.717) is 5.02 Å². The van der Waals surface area contributed by atoms with Gasteiger partial charge in [-0.2, -0.15) is 0 Å². The van der Waals surface area contributed by atoms with E-state index >= 15 is 0 Å². The smallest absolute Gasteiger partial charge is 0.0497 e. The van der Waals surface area contributed by atoms with E-state index in [2.05, 4.69) is 201 Å². The Labute approximate surface area is 306 Å². The molecule has 7 aromatic rings. The molecule has 248 valence electrons. The number of halogens is 1. The van der Waals surface area contributed by atoms with Gasteiger partial charge in [0.2, 0.25) is 0 Å². The van der Waals surface area contributed by atoms with E-state index in [0.717, 1.165) is 34.1 Å². The number of hydrogen-bond acceptors (Lipinski definition) is 2. The van der Waals surface area contributed by atoms with Crippen molar-refractivity contribution >= 4 is 45.7 Å². The van der Waals surface area contributed by atoms with Crippen LogP contribution in [-0.4, -0.2) is 0 Å². The van der Waals surface area contributed by atoms with E-state index in [1.54, 1.807) is 0 Å². The molecule has 0 amide bonds. The monoisotopic (exact) mass is 678 g/mol. The van der Waals surface area contributed by atoms with E-state index < -0.39 is 0 Å². The van der Waals surface area contributed by atoms with Gasteiger partial charge in [-0.05, 0) is 111 Å². The maximum atomic E-state index is 7.13. The number of anilines is 6. The van der Waals surface area contributed by atoms with Gasteiger partial charge in [0.25, 0.3) is 0 Å². The molecule has 51 heavy (non-hydrogen) atoms. The first-order chi connectivity index (χ1) is 24.7. The maximum absolute atomic E-state index is 7.13. The lowest BCUT2D eigenvalue weighted by Crippen LogP contribution is -2.17. The highest BCUT2D eigenvalue weighted by Crippen LogP contribution is 2.53. The summed E-state index contributed by atoms with van der Waals surface area (Å²) < 4.78 is 0. The molecule has 0 bridgehead atoms. The maximum Gasteiger partial charge on any atom is 0.0497 e. The zero-order chi connectivity index (χ0) is 34.9. The molecule has 0 atom stereocenters. The largest absolute Gasteiger partial charge is 0.310 e. The summed E-state index contributed by atoms with van der Waals surface area (Å²) in [5.41, 5.74) is 16.7. The molecule has 2 aliphatic carbocycles. The van der Waals surface area contributed by atoms with Gasteiger partial charge in [0.15, 0.2) is 0 Å². The van der Waals surface area contributed by atoms with Crippen LogP contribution in [0, 0.1) is 0 Å². The number of nitrogens with zero attached hydrogens (tertiary/aromatic N) is 2. The van der Waals surface area contributed by atoms with Crippen LogP contribution in [0.4, 0.5) is 34.1 Å². The van der Waals surface area contributed by atoms with Gasteiger partial charge in [0.1, 0.15) is 0 Å². The summed E-state index contributed by atoms with van der Waals surface area (Å²) in [6.45, 7) is 9.33. The lowest BCUT2D eigenvalue weighted by atomic mass is 9.82. The summed E-state index contributed by atoms with van der Waals surface area (Å²) in [5, 5.41) is 0.673. The molecule has 0 aromatic heterocycles. The second-order valence-corrected chi connectivity index (χ2v) is 15.2. The highest BCUT2D eigenvalue weighted by Gasteiger charge is 2.37. The van der Waals surface area contributed by atoms with Gasteiger partial charge in [0, 0.05) is 50.0 Å². The van der Waals surface area contributed by atoms with Gasteiger partial charge in [-0.15, -0.1) is 0 Å². The standard InChI is InChI=1S/C48H39ClN2/c1-47(2)43-21-13-11-19-39(43)41-25-23-35(30-45(41)47)50(33-15-7-5-8-16-33)37-27-32(49)28-38(29-37)51(34-17-9-6-10-18-34)36-24-26-42-40-20-12-14-22-44(40)48(3,4)46(42)31-36/h5-31H,1-4H3. The Hall–Kier alpha value is -5.57. The van der Waals surface area contributed by atoms with Crippen LogP contribution < -0.4 is 9.80 Å². The Balaban J connectivity index is 1.21. The number of rotatable bonds is 6. The first-order valence-electron chi connectivity index (χ1n) is 17.7. The fourth-order valence-corrected chi connectivity index (χ4v) is 8.75. The van der Waals surface area contributed by atoms with E-state index in [9.17, 15) is 0 Å². The molecule has 2 nitrogen and oxygen atoms in total. The van der Waals surface area contributed by atoms with Crippen molar-refractivity contribution < 1.29 is 0 Å². The molecule has 7 aromatic carbocycles. The number of benzene rings is 7. The van der Waals surface area contributed by atoms with Crippen LogP contribution in [0.1, 0.15) is 49.9 Å². The lowest BCUT2D eigenvalue weighted by molar-refractivity contribution is 0.660. The first kappa shape index (κ1) is 31.4. The Morgan fingerprint density at radius 1 is 0.333 bits per heavy atom. The average Bonchev–Trinajstić information content (AvgIpc) is 3.52. The van der Waals surface area contributed by atoms with Crippen LogP contribution in [0.5, 0.6) is 0 Å². The third-order valence-electron chi connectivity index (χ3n) is 11.1. The third kappa shape index (κ3) is 5.00. The summed E-state index contributed by atoms with van der Waals surface area (Å²) in [7, 11) is 0. The van der Waals surface area contributed by atoms with Gasteiger partial charge in [0.05, 0.1) is 0 Å². The van der Waals surface area contributed by atoms with E-state index in [1.807, 2.05) is 0 Å². The fraction of sp³-hybridized carbons (Fsp3) is 0.125. The van der Waals surface area contributed by atoms with Gasteiger partial charge in [-0.1, -0.05) is 136 Å². The second kappa shape index (κ2) is 11.8. The fourth-order valence-electron chi connectivity index (χ4n) is 8.53. The molecule has 3 heteroatoms. The molecular weight excluding hydrogens is 640 g/mol. The van der Waals surface area contributed by atoms with E-state index in [4.69, 9.17) is 11.6 Å². The highest BCUT2D eigenvalue weighted by molar-refractivity contribution is 6.31. The molecule has 0 heterocycles. The lowest BCUT2D eigenvalue weighted by Gasteiger charge is -2.31. The Morgan fingerprint density at radius 2 is 0.706 bits per heavy atom. The molecular formula is C48H39ClN2. The number of hydrogen-bond donors (Lipinski definition) is 0. The van der Waals surface area contributed by atoms with Crippen LogP contribution in [0.25, 0.3) is 22.3 Å². The molecule has 0 radical (unpaired) electrons. The molecule has 0 spiro atoms. The minimum atomic E-state index is -0.116. The first-order valence-corrected chi connectivity index (χ1v) is 18.1. The van der Waals surface area contributed by atoms with Crippen molar-refractivity contribution in [2.75, 3.05) is 9.80 Å². The molecule has 0 N–H and O–H groups in total. The summed E-state index contributed by atoms with van der Waals surface area (Å²) in [6, 6.07) is 59.1. The summed E-state index contributed by atoms with van der Waals surface area (Å²) >= 11 is 7.13. The zero-order valence-electron chi connectivity index (χ0n) is 29.4. The molecule has 0 unspecified atom stereocenters. The topological polar surface area (TPSA) is 6.48 Å². The van der Waals surface area contributed by atoms with Gasteiger partial charge < -0.3 is 9.80 Å². The average molecular weight is 679 g/mol. The zero-order valence-corrected chi connectivity index (χ0v) is 30.1. The Kier molecular flexibility index (Phi) is 7.24. The predicted octanol–water partition coefficient (Wildman–Crippen LogP) is 13.9. The summed E-state index contributed by atoms with van der Waals surface area (Å²) in [5.74, 6) is 0. The van der Waals surface area contributed by atoms with Crippen molar-refractivity contribution in [3.8, 4) is 22.3 Å². The molecule has 0 aliphatic heterocycles. The predicted molar refractivity (Wildman–Crippen MR) is 216 cm³/mol. The molecule has 2 aliphatic rings. The normalized spacial score (nSPS) is 14.3. The SMILES string of the molecule is CC1(C)c2ccccc2-c2ccc(N(c3ccccc3)c3cc(Cl)cc(N(c4ccccc4)c4ccc5c(c4)C(C)(C)c4ccccc4-5)c3)cc21. The minimum Gasteiger partial charge on any atom is -0.310 e. The van der Waals surface area contributed by atoms with E-state index in [1.165, 1.54) is 44.5 Å². The van der Waals surface area contributed by atoms with Crippen molar-refractivity contribution in [3.63, 3.8) is 0 Å². The highest BCUT2D eigenvalue weighted by atomic mass is 35.5. The van der Waals surface area contributed by atoms with Crippen molar-refractivity contribution in [2.24, 2.45) is 0 Å². The van der Waals surface area contributed by atoms with E-state index in [-0.39, 0.29) is 10.8 Å². The molecule has 0 saturated heterocycles. The van der Waals surface area contributed by atoms with Crippen LogP contribution in [0.15, 0.2) is 164 Å². The molecule has 0 saturated carbocycles. The van der Waals surface area contributed by atoms with Crippen LogP contribution >= 0.6 is 11.6 Å². The van der Waals surface area contributed by atoms with Crippen LogP contribution in [0.3, 0.4) is 0 Å². The Morgan fingerprint density at radius 3 is 1.14 bits per heavy atom. The van der Waals surface area contributed by atoms with Gasteiger partial charge in [-0.25, -0.2) is 0 Å². The number of para-hydroxylation sites is 2. The quantitative estimate of drug-likeness (QED) is 0.173. The summed E-state index contributed by atoms with van der Waals surface area (Å²) in [6.07, 6.45) is 0. The van der Waals surface area contributed by atoms with Gasteiger partial charge >= 0.3 is 0 Å². The second-order valence-electron chi connectivity index (χ2n) is 14.8. The van der Waals surface area contributed by atoms with Crippen molar-refractivity contribution in [3.05, 3.63) is 191 Å². The number of fused-ring (bicyclic) bond motifs is 6. The summed E-state index contributed by atoms with van der Waals surface area (Å²) in [4.78, 5) is 4.67. The van der Waals surface area contributed by atoms with Crippen LogP contribution in [-0.2, 0) is 10.8 Å². The third-order valence-corrected chi connectivity index (χ3v) is 11.3. The van der Waals surface area contributed by atoms with Gasteiger partial charge in [-0.3, -0.25) is 0 Å². The van der Waals surface area contributed by atoms with Crippen molar-refractivity contribution in [2.45, 2.75) is 38.5 Å². The molecule has 0 fully saturated rings. The Bertz CT molecular complexity index is 2280. The van der Waals surface area contributed by atoms with Crippen LogP contribution in [0.2, 0.25) is 5.02 Å². The molecule has 9 rings (SSSR count). The van der Waals surface area contributed by atoms with Crippen molar-refractivity contribution in [1.29, 1.82) is 0 Å².